The average molecular weight is 372 g/mol. The number of rotatable bonds is 7. The summed E-state index contributed by atoms with van der Waals surface area (Å²) in [5, 5.41) is 3.55. The molecule has 0 aromatic heterocycles. The van der Waals surface area contributed by atoms with Gasteiger partial charge in [-0.1, -0.05) is 38.8 Å². The van der Waals surface area contributed by atoms with E-state index in [1.54, 1.807) is 7.11 Å². The van der Waals surface area contributed by atoms with Crippen molar-refractivity contribution in [2.45, 2.75) is 51.6 Å². The van der Waals surface area contributed by atoms with Crippen LogP contribution in [0.3, 0.4) is 0 Å². The van der Waals surface area contributed by atoms with Gasteiger partial charge >= 0.3 is 0 Å². The summed E-state index contributed by atoms with van der Waals surface area (Å²) in [5.74, 6) is 0.967. The Bertz CT molecular complexity index is 652. The van der Waals surface area contributed by atoms with Crippen LogP contribution >= 0.6 is 0 Å². The molecule has 0 bridgehead atoms. The lowest BCUT2D eigenvalue weighted by atomic mass is 9.86. The summed E-state index contributed by atoms with van der Waals surface area (Å²) in [6, 6.07) is 8.55. The van der Waals surface area contributed by atoms with Gasteiger partial charge in [-0.15, -0.1) is 0 Å². The molecule has 27 heavy (non-hydrogen) atoms. The molecule has 1 aliphatic heterocycles. The molecule has 3 rings (SSSR count). The van der Waals surface area contributed by atoms with Gasteiger partial charge in [-0.3, -0.25) is 4.79 Å². The van der Waals surface area contributed by atoms with E-state index in [0.29, 0.717) is 12.1 Å². The van der Waals surface area contributed by atoms with Gasteiger partial charge in [0.15, 0.2) is 0 Å². The summed E-state index contributed by atoms with van der Waals surface area (Å²) < 4.78 is 5.23. The summed E-state index contributed by atoms with van der Waals surface area (Å²) in [5.41, 5.74) is 1.74. The summed E-state index contributed by atoms with van der Waals surface area (Å²) in [6.45, 7) is 8.17. The fourth-order valence-corrected chi connectivity index (χ4v) is 4.25. The molecule has 5 heteroatoms. The Labute approximate surface area is 163 Å². The fraction of sp³-hybridized carbons (Fsp3) is 0.591. The third kappa shape index (κ3) is 4.64. The lowest BCUT2D eigenvalue weighted by Crippen LogP contribution is -2.61. The zero-order valence-corrected chi connectivity index (χ0v) is 16.9. The molecule has 5 nitrogen and oxygen atoms in total. The predicted octanol–water partition coefficient (Wildman–Crippen LogP) is 3.12. The summed E-state index contributed by atoms with van der Waals surface area (Å²) in [6.07, 6.45) is 6.69. The van der Waals surface area contributed by atoms with E-state index in [9.17, 15) is 4.79 Å². The number of methoxy groups -OCH3 is 1. The Morgan fingerprint density at radius 3 is 2.56 bits per heavy atom. The summed E-state index contributed by atoms with van der Waals surface area (Å²) >= 11 is 0. The number of hydrogen-bond acceptors (Lipinski definition) is 4. The number of nitrogens with zero attached hydrogens (tertiary/aromatic N) is 2. The first kappa shape index (κ1) is 19.7. The Hall–Kier alpha value is -2.01. The number of carbonyl (C=O) groups excluding carboxylic acids is 1. The van der Waals surface area contributed by atoms with E-state index in [1.165, 1.54) is 12.8 Å². The average Bonchev–Trinajstić information content (AvgIpc) is 2.71. The molecular weight excluding hydrogens is 338 g/mol. The molecule has 1 aromatic rings. The minimum atomic E-state index is 0.140. The van der Waals surface area contributed by atoms with E-state index in [-0.39, 0.29) is 5.91 Å². The second kappa shape index (κ2) is 9.27. The quantitative estimate of drug-likeness (QED) is 0.748. The van der Waals surface area contributed by atoms with Crippen LogP contribution in [0.15, 0.2) is 30.0 Å². The van der Waals surface area contributed by atoms with Gasteiger partial charge in [0.25, 0.3) is 5.91 Å². The molecule has 2 aliphatic rings. The maximum absolute atomic E-state index is 13.2. The smallest absolute Gasteiger partial charge is 0.270 e. The molecule has 1 N–H and O–H groups in total. The summed E-state index contributed by atoms with van der Waals surface area (Å²) in [7, 11) is 1.66. The molecule has 0 spiro atoms. The number of nitrogens with one attached hydrogen (secondary N) is 1. The topological polar surface area (TPSA) is 44.8 Å². The zero-order chi connectivity index (χ0) is 19.2. The minimum absolute atomic E-state index is 0.140. The first-order valence-corrected chi connectivity index (χ1v) is 10.3. The number of benzene rings is 1. The van der Waals surface area contributed by atoms with Crippen molar-refractivity contribution in [1.82, 2.24) is 15.1 Å². The number of carbonyl (C=O) groups is 1. The minimum Gasteiger partial charge on any atom is -0.497 e. The van der Waals surface area contributed by atoms with Crippen molar-refractivity contribution >= 4 is 12.0 Å². The maximum atomic E-state index is 13.2. The van der Waals surface area contributed by atoms with Gasteiger partial charge in [-0.2, -0.15) is 0 Å². The van der Waals surface area contributed by atoms with E-state index < -0.39 is 0 Å². The van der Waals surface area contributed by atoms with Crippen LogP contribution in [-0.4, -0.2) is 61.1 Å². The zero-order valence-electron chi connectivity index (χ0n) is 16.9. The maximum Gasteiger partial charge on any atom is 0.270 e. The first-order chi connectivity index (χ1) is 13.2. The largest absolute Gasteiger partial charge is 0.497 e. The Kier molecular flexibility index (Phi) is 6.78. The van der Waals surface area contributed by atoms with Crippen LogP contribution in [0.5, 0.6) is 5.75 Å². The SMILES string of the molecule is CCN(CC)CCN1C(=O)/C(=C\c2ccc(OC)cc2)NC2CCCCC21. The lowest BCUT2D eigenvalue weighted by Gasteiger charge is -2.46. The van der Waals surface area contributed by atoms with Gasteiger partial charge in [-0.25, -0.2) is 0 Å². The highest BCUT2D eigenvalue weighted by Crippen LogP contribution is 2.29. The van der Waals surface area contributed by atoms with Crippen LogP contribution in [0.1, 0.15) is 45.1 Å². The molecule has 1 saturated heterocycles. The van der Waals surface area contributed by atoms with Crippen molar-refractivity contribution in [2.24, 2.45) is 0 Å². The van der Waals surface area contributed by atoms with Crippen molar-refractivity contribution < 1.29 is 9.53 Å². The molecule has 1 aromatic carbocycles. The number of fused-ring (bicyclic) bond motifs is 1. The van der Waals surface area contributed by atoms with Gasteiger partial charge in [0.05, 0.1) is 13.2 Å². The molecule has 1 aliphatic carbocycles. The van der Waals surface area contributed by atoms with Gasteiger partial charge < -0.3 is 19.9 Å². The molecule has 2 fully saturated rings. The van der Waals surface area contributed by atoms with Crippen LogP contribution in [0.4, 0.5) is 0 Å². The Morgan fingerprint density at radius 2 is 1.89 bits per heavy atom. The van der Waals surface area contributed by atoms with Crippen LogP contribution in [0.25, 0.3) is 6.08 Å². The monoisotopic (exact) mass is 371 g/mol. The van der Waals surface area contributed by atoms with Crippen LogP contribution in [0, 0.1) is 0 Å². The highest BCUT2D eigenvalue weighted by Gasteiger charge is 2.39. The van der Waals surface area contributed by atoms with Gasteiger partial charge in [0.2, 0.25) is 0 Å². The highest BCUT2D eigenvalue weighted by molar-refractivity contribution is 5.98. The van der Waals surface area contributed by atoms with E-state index >= 15 is 0 Å². The molecule has 2 atom stereocenters. The third-order valence-corrected chi connectivity index (χ3v) is 5.94. The van der Waals surface area contributed by atoms with Crippen LogP contribution in [0.2, 0.25) is 0 Å². The molecule has 0 radical (unpaired) electrons. The fourth-order valence-electron chi connectivity index (χ4n) is 4.25. The number of ether oxygens (including phenoxy) is 1. The Balaban J connectivity index is 1.80. The number of amides is 1. The molecule has 2 unspecified atom stereocenters. The molecular formula is C22H33N3O2. The molecule has 1 amide bonds. The number of likely N-dealkylation sites (N-methyl/N-ethyl adjacent to an activating group) is 1. The normalized spacial score (nSPS) is 24.1. The van der Waals surface area contributed by atoms with Crippen molar-refractivity contribution in [3.63, 3.8) is 0 Å². The third-order valence-electron chi connectivity index (χ3n) is 5.94. The number of piperazine rings is 1. The molecule has 1 heterocycles. The lowest BCUT2D eigenvalue weighted by molar-refractivity contribution is -0.134. The van der Waals surface area contributed by atoms with Crippen LogP contribution in [-0.2, 0) is 4.79 Å². The van der Waals surface area contributed by atoms with Crippen molar-refractivity contribution in [3.8, 4) is 5.75 Å². The van der Waals surface area contributed by atoms with Gasteiger partial charge in [-0.05, 0) is 49.7 Å². The van der Waals surface area contributed by atoms with Crippen molar-refractivity contribution in [1.29, 1.82) is 0 Å². The van der Waals surface area contributed by atoms with Crippen molar-refractivity contribution in [3.05, 3.63) is 35.5 Å². The van der Waals surface area contributed by atoms with Crippen molar-refractivity contribution in [2.75, 3.05) is 33.3 Å². The first-order valence-electron chi connectivity index (χ1n) is 10.3. The van der Waals surface area contributed by atoms with E-state index in [1.807, 2.05) is 30.3 Å². The number of hydrogen-bond donors (Lipinski definition) is 1. The van der Waals surface area contributed by atoms with Gasteiger partial charge in [0.1, 0.15) is 11.4 Å². The second-order valence-corrected chi connectivity index (χ2v) is 7.46. The predicted molar refractivity (Wildman–Crippen MR) is 110 cm³/mol. The Morgan fingerprint density at radius 1 is 1.19 bits per heavy atom. The van der Waals surface area contributed by atoms with Crippen LogP contribution < -0.4 is 10.1 Å². The van der Waals surface area contributed by atoms with E-state index in [0.717, 1.165) is 56.0 Å². The molecule has 148 valence electrons. The highest BCUT2D eigenvalue weighted by atomic mass is 16.5. The molecule has 1 saturated carbocycles. The standard InChI is InChI=1S/C22H33N3O2/c1-4-24(5-2)14-15-25-21-9-7-6-8-19(21)23-20(22(25)26)16-17-10-12-18(27-3)13-11-17/h10-13,16,19,21,23H,4-9,14-15H2,1-3H3/b20-16+. The summed E-state index contributed by atoms with van der Waals surface area (Å²) in [4.78, 5) is 17.8. The second-order valence-electron chi connectivity index (χ2n) is 7.46. The van der Waals surface area contributed by atoms with Gasteiger partial charge in [0, 0.05) is 19.1 Å². The van der Waals surface area contributed by atoms with E-state index in [2.05, 4.69) is 29.0 Å². The van der Waals surface area contributed by atoms with E-state index in [4.69, 9.17) is 4.74 Å².